The van der Waals surface area contributed by atoms with Gasteiger partial charge in [0.15, 0.2) is 0 Å². The van der Waals surface area contributed by atoms with Crippen LogP contribution in [0.2, 0.25) is 0 Å². The van der Waals surface area contributed by atoms with E-state index in [1.54, 1.807) is 0 Å². The summed E-state index contributed by atoms with van der Waals surface area (Å²) >= 11 is 0. The van der Waals surface area contributed by atoms with E-state index in [0.29, 0.717) is 0 Å². The molecule has 0 spiro atoms. The average Bonchev–Trinajstić information content (AvgIpc) is 3.04. The van der Waals surface area contributed by atoms with Crippen LogP contribution in [-0.2, 0) is 0 Å². The van der Waals surface area contributed by atoms with Crippen LogP contribution in [0.3, 0.4) is 0 Å². The zero-order valence-electron chi connectivity index (χ0n) is 9.59. The van der Waals surface area contributed by atoms with Crippen LogP contribution in [0, 0.1) is 6.92 Å². The number of pyridine rings is 1. The zero-order chi connectivity index (χ0) is 10.6. The predicted molar refractivity (Wildman–Crippen MR) is 64.0 cm³/mol. The lowest BCUT2D eigenvalue weighted by Crippen LogP contribution is -1.96. The summed E-state index contributed by atoms with van der Waals surface area (Å²) in [6, 6.07) is 4.26. The quantitative estimate of drug-likeness (QED) is 0.778. The van der Waals surface area contributed by atoms with E-state index in [-0.39, 0.29) is 1.43 Å². The van der Waals surface area contributed by atoms with Gasteiger partial charge in [-0.1, -0.05) is 19.9 Å². The van der Waals surface area contributed by atoms with Crippen molar-refractivity contribution in [3.8, 4) is 0 Å². The van der Waals surface area contributed by atoms with E-state index >= 15 is 0 Å². The highest BCUT2D eigenvalue weighted by atomic mass is 15.0. The molecule has 0 aliphatic heterocycles. The van der Waals surface area contributed by atoms with E-state index in [2.05, 4.69) is 29.4 Å². The molecule has 80 valence electrons. The Morgan fingerprint density at radius 3 is 2.43 bits per heavy atom. The SMILES string of the molecule is CC.CNc1ccc(C2CC2)c(C)n1.[HH]. The molecule has 1 fully saturated rings. The summed E-state index contributed by atoms with van der Waals surface area (Å²) in [5.41, 5.74) is 2.62. The molecule has 2 heteroatoms. The fraction of sp³-hybridized carbons (Fsp3) is 0.583. The molecule has 0 atom stereocenters. The number of hydrogen-bond donors (Lipinski definition) is 1. The van der Waals surface area contributed by atoms with Crippen LogP contribution in [0.15, 0.2) is 12.1 Å². The van der Waals surface area contributed by atoms with Crippen molar-refractivity contribution in [1.82, 2.24) is 4.98 Å². The summed E-state index contributed by atoms with van der Waals surface area (Å²) < 4.78 is 0. The molecular formula is C12H22N2. The molecule has 0 unspecified atom stereocenters. The van der Waals surface area contributed by atoms with Crippen LogP contribution in [0.1, 0.15) is 45.3 Å². The fourth-order valence-electron chi connectivity index (χ4n) is 1.54. The summed E-state index contributed by atoms with van der Waals surface area (Å²) in [4.78, 5) is 4.44. The van der Waals surface area contributed by atoms with Gasteiger partial charge >= 0.3 is 0 Å². The number of hydrogen-bond acceptors (Lipinski definition) is 2. The third kappa shape index (κ3) is 2.47. The Labute approximate surface area is 88.2 Å². The van der Waals surface area contributed by atoms with Crippen LogP contribution < -0.4 is 5.32 Å². The molecule has 1 aromatic rings. The summed E-state index contributed by atoms with van der Waals surface area (Å²) in [5.74, 6) is 1.78. The summed E-state index contributed by atoms with van der Waals surface area (Å²) in [5, 5.41) is 3.04. The first-order valence-corrected chi connectivity index (χ1v) is 5.46. The van der Waals surface area contributed by atoms with Gasteiger partial charge in [0.1, 0.15) is 5.82 Å². The minimum Gasteiger partial charge on any atom is -0.373 e. The second kappa shape index (κ2) is 4.99. The largest absolute Gasteiger partial charge is 0.373 e. The number of anilines is 1. The van der Waals surface area contributed by atoms with E-state index in [4.69, 9.17) is 0 Å². The van der Waals surface area contributed by atoms with Gasteiger partial charge in [-0.05, 0) is 37.3 Å². The molecule has 2 rings (SSSR count). The van der Waals surface area contributed by atoms with Crippen LogP contribution in [0.4, 0.5) is 5.82 Å². The molecule has 1 N–H and O–H groups in total. The van der Waals surface area contributed by atoms with Gasteiger partial charge in [0, 0.05) is 14.2 Å². The topological polar surface area (TPSA) is 24.9 Å². The molecule has 14 heavy (non-hydrogen) atoms. The molecule has 1 heterocycles. The second-order valence-corrected chi connectivity index (χ2v) is 3.40. The van der Waals surface area contributed by atoms with E-state index < -0.39 is 0 Å². The fourth-order valence-corrected chi connectivity index (χ4v) is 1.54. The summed E-state index contributed by atoms with van der Waals surface area (Å²) in [6.07, 6.45) is 2.70. The maximum absolute atomic E-state index is 4.44. The molecule has 1 aliphatic carbocycles. The van der Waals surface area contributed by atoms with E-state index in [0.717, 1.165) is 11.7 Å². The van der Waals surface area contributed by atoms with Crippen molar-refractivity contribution < 1.29 is 1.43 Å². The first kappa shape index (κ1) is 11.0. The molecule has 0 bridgehead atoms. The van der Waals surface area contributed by atoms with Gasteiger partial charge < -0.3 is 5.32 Å². The van der Waals surface area contributed by atoms with Crippen molar-refractivity contribution in [2.45, 2.75) is 39.5 Å². The molecule has 1 aliphatic rings. The minimum atomic E-state index is 0. The van der Waals surface area contributed by atoms with Crippen molar-refractivity contribution in [1.29, 1.82) is 0 Å². The third-order valence-electron chi connectivity index (χ3n) is 2.40. The van der Waals surface area contributed by atoms with Crippen LogP contribution in [-0.4, -0.2) is 12.0 Å². The minimum absolute atomic E-state index is 0. The van der Waals surface area contributed by atoms with Gasteiger partial charge in [0.2, 0.25) is 0 Å². The van der Waals surface area contributed by atoms with Crippen molar-refractivity contribution in [3.63, 3.8) is 0 Å². The Bertz CT molecular complexity index is 296. The second-order valence-electron chi connectivity index (χ2n) is 3.40. The molecule has 0 radical (unpaired) electrons. The molecule has 2 nitrogen and oxygen atoms in total. The first-order chi connectivity index (χ1) is 6.81. The smallest absolute Gasteiger partial charge is 0.125 e. The number of aromatic nitrogens is 1. The highest BCUT2D eigenvalue weighted by Crippen LogP contribution is 2.41. The van der Waals surface area contributed by atoms with Gasteiger partial charge in [-0.2, -0.15) is 0 Å². The molecule has 0 aromatic carbocycles. The van der Waals surface area contributed by atoms with E-state index in [1.807, 2.05) is 20.9 Å². The van der Waals surface area contributed by atoms with Crippen molar-refractivity contribution in [3.05, 3.63) is 23.4 Å². The lowest BCUT2D eigenvalue weighted by molar-refractivity contribution is 1.04. The normalized spacial score (nSPS) is 14.3. The Kier molecular flexibility index (Phi) is 3.93. The van der Waals surface area contributed by atoms with Gasteiger partial charge in [-0.25, -0.2) is 4.98 Å². The molecule has 1 saturated carbocycles. The number of rotatable bonds is 2. The number of aryl methyl sites for hydroxylation is 1. The summed E-state index contributed by atoms with van der Waals surface area (Å²) in [7, 11) is 1.90. The van der Waals surface area contributed by atoms with Crippen LogP contribution in [0.5, 0.6) is 0 Å². The van der Waals surface area contributed by atoms with E-state index in [1.165, 1.54) is 24.1 Å². The Hall–Kier alpha value is -1.05. The average molecular weight is 194 g/mol. The standard InChI is InChI=1S/C10H14N2.C2H6.H2/c1-7-9(8-3-4-8)5-6-10(11-2)12-7;1-2;/h5-6,8H,3-4H2,1-2H3,(H,11,12);1-2H3;1H. The van der Waals surface area contributed by atoms with Crippen molar-refractivity contribution >= 4 is 5.82 Å². The molecular weight excluding hydrogens is 172 g/mol. The lowest BCUT2D eigenvalue weighted by atomic mass is 10.1. The lowest BCUT2D eigenvalue weighted by Gasteiger charge is -2.05. The maximum atomic E-state index is 4.44. The highest BCUT2D eigenvalue weighted by molar-refractivity contribution is 5.40. The molecule has 0 amide bonds. The zero-order valence-corrected chi connectivity index (χ0v) is 9.59. The Morgan fingerprint density at radius 2 is 2.00 bits per heavy atom. The summed E-state index contributed by atoms with van der Waals surface area (Å²) in [6.45, 7) is 6.09. The number of nitrogens with zero attached hydrogens (tertiary/aromatic N) is 1. The van der Waals surface area contributed by atoms with Crippen molar-refractivity contribution in [2.75, 3.05) is 12.4 Å². The van der Waals surface area contributed by atoms with Crippen LogP contribution >= 0.6 is 0 Å². The highest BCUT2D eigenvalue weighted by Gasteiger charge is 2.25. The van der Waals surface area contributed by atoms with Gasteiger partial charge in [0.25, 0.3) is 0 Å². The maximum Gasteiger partial charge on any atom is 0.125 e. The van der Waals surface area contributed by atoms with Gasteiger partial charge in [0.05, 0.1) is 0 Å². The van der Waals surface area contributed by atoms with E-state index in [9.17, 15) is 0 Å². The number of nitrogens with one attached hydrogen (secondary N) is 1. The molecule has 0 saturated heterocycles. The van der Waals surface area contributed by atoms with Gasteiger partial charge in [-0.15, -0.1) is 0 Å². The third-order valence-corrected chi connectivity index (χ3v) is 2.40. The van der Waals surface area contributed by atoms with Crippen LogP contribution in [0.25, 0.3) is 0 Å². The monoisotopic (exact) mass is 194 g/mol. The van der Waals surface area contributed by atoms with Gasteiger partial charge in [-0.3, -0.25) is 0 Å². The van der Waals surface area contributed by atoms with Crippen molar-refractivity contribution in [2.24, 2.45) is 0 Å². The Balaban J connectivity index is 0.000000617. The molecule has 1 aromatic heterocycles. The first-order valence-electron chi connectivity index (χ1n) is 5.46. The predicted octanol–water partition coefficient (Wildman–Crippen LogP) is 3.58. The Morgan fingerprint density at radius 1 is 1.36 bits per heavy atom.